The van der Waals surface area contributed by atoms with Gasteiger partial charge in [0.15, 0.2) is 5.58 Å². The van der Waals surface area contributed by atoms with Gasteiger partial charge in [-0.1, -0.05) is 0 Å². The highest BCUT2D eigenvalue weighted by molar-refractivity contribution is 7.89. The van der Waals surface area contributed by atoms with Crippen molar-refractivity contribution < 1.29 is 12.8 Å². The average molecular weight is 389 g/mol. The summed E-state index contributed by atoms with van der Waals surface area (Å²) in [6.45, 7) is 4.51. The summed E-state index contributed by atoms with van der Waals surface area (Å²) in [5, 5.41) is 0. The summed E-state index contributed by atoms with van der Waals surface area (Å²) >= 11 is 0. The van der Waals surface area contributed by atoms with Gasteiger partial charge in [-0.15, -0.1) is 0 Å². The van der Waals surface area contributed by atoms with E-state index in [4.69, 9.17) is 4.42 Å². The predicted molar refractivity (Wildman–Crippen MR) is 103 cm³/mol. The van der Waals surface area contributed by atoms with E-state index in [1.54, 1.807) is 13.1 Å². The molecule has 27 heavy (non-hydrogen) atoms. The smallest absolute Gasteiger partial charge is 0.408 e. The Labute approximate surface area is 157 Å². The minimum absolute atomic E-state index is 0.0906. The van der Waals surface area contributed by atoms with Gasteiger partial charge >= 0.3 is 5.76 Å². The average Bonchev–Trinajstić information content (AvgIpc) is 3.35. The van der Waals surface area contributed by atoms with Gasteiger partial charge in [0.2, 0.25) is 10.0 Å². The molecule has 2 aromatic heterocycles. The monoisotopic (exact) mass is 389 g/mol. The highest BCUT2D eigenvalue weighted by atomic mass is 32.2. The Bertz CT molecular complexity index is 1180. The molecule has 4 rings (SSSR count). The van der Waals surface area contributed by atoms with Crippen LogP contribution in [0.2, 0.25) is 0 Å². The summed E-state index contributed by atoms with van der Waals surface area (Å²) in [6.07, 6.45) is 3.08. The summed E-state index contributed by atoms with van der Waals surface area (Å²) in [6, 6.07) is 7.21. The second-order valence-electron chi connectivity index (χ2n) is 7.20. The molecule has 0 unspecified atom stereocenters. The van der Waals surface area contributed by atoms with E-state index in [1.807, 2.05) is 0 Å². The molecule has 8 heteroatoms. The molecule has 1 fully saturated rings. The van der Waals surface area contributed by atoms with Gasteiger partial charge in [0, 0.05) is 37.1 Å². The van der Waals surface area contributed by atoms with E-state index in [0.29, 0.717) is 24.5 Å². The second-order valence-corrected chi connectivity index (χ2v) is 8.97. The molecule has 144 valence electrons. The number of aryl methyl sites for hydroxylation is 2. The molecular weight excluding hydrogens is 366 g/mol. The van der Waals surface area contributed by atoms with E-state index >= 15 is 0 Å². The fraction of sp³-hybridized carbons (Fsp3) is 0.421. The van der Waals surface area contributed by atoms with Crippen molar-refractivity contribution in [2.75, 3.05) is 6.54 Å². The molecule has 0 amide bonds. The number of oxazole rings is 1. The maximum Gasteiger partial charge on any atom is 0.419 e. The Hall–Kier alpha value is -2.32. The summed E-state index contributed by atoms with van der Waals surface area (Å²) < 4.78 is 36.6. The summed E-state index contributed by atoms with van der Waals surface area (Å²) in [4.78, 5) is 11.7. The number of rotatable bonds is 6. The maximum absolute atomic E-state index is 12.6. The van der Waals surface area contributed by atoms with Gasteiger partial charge in [0.1, 0.15) is 0 Å². The topological polar surface area (TPSA) is 86.2 Å². The molecule has 0 bridgehead atoms. The van der Waals surface area contributed by atoms with E-state index in [9.17, 15) is 13.2 Å². The third-order valence-corrected chi connectivity index (χ3v) is 6.72. The van der Waals surface area contributed by atoms with Crippen LogP contribution in [-0.2, 0) is 23.5 Å². The molecule has 0 saturated heterocycles. The van der Waals surface area contributed by atoms with Crippen LogP contribution in [0.15, 0.2) is 38.4 Å². The van der Waals surface area contributed by atoms with E-state index in [-0.39, 0.29) is 10.5 Å². The lowest BCUT2D eigenvalue weighted by molar-refractivity contribution is 0.527. The zero-order chi connectivity index (χ0) is 19.3. The fourth-order valence-corrected chi connectivity index (χ4v) is 4.72. The third-order valence-electron chi connectivity index (χ3n) is 5.26. The summed E-state index contributed by atoms with van der Waals surface area (Å²) in [7, 11) is -2.09. The van der Waals surface area contributed by atoms with Crippen molar-refractivity contribution in [3.8, 4) is 0 Å². The number of fused-ring (bicyclic) bond motifs is 1. The van der Waals surface area contributed by atoms with Gasteiger partial charge in [-0.2, -0.15) is 0 Å². The Morgan fingerprint density at radius 1 is 1.22 bits per heavy atom. The SMILES string of the molecule is Cc1cc(CCNS(=O)(=O)c2ccc3c(c2)oc(=O)n3C)c(C)n1C1CC1. The van der Waals surface area contributed by atoms with Crippen LogP contribution in [0.3, 0.4) is 0 Å². The Balaban J connectivity index is 1.49. The summed E-state index contributed by atoms with van der Waals surface area (Å²) in [5.41, 5.74) is 4.45. The van der Waals surface area contributed by atoms with Crippen molar-refractivity contribution in [2.24, 2.45) is 7.05 Å². The molecule has 3 aromatic rings. The van der Waals surface area contributed by atoms with Crippen LogP contribution in [0.1, 0.15) is 35.8 Å². The van der Waals surface area contributed by atoms with Crippen LogP contribution in [0, 0.1) is 13.8 Å². The molecule has 1 saturated carbocycles. The molecule has 0 aliphatic heterocycles. The van der Waals surface area contributed by atoms with Gasteiger partial charge in [-0.25, -0.2) is 17.9 Å². The second kappa shape index (κ2) is 6.38. The van der Waals surface area contributed by atoms with Crippen LogP contribution >= 0.6 is 0 Å². The van der Waals surface area contributed by atoms with Crippen LogP contribution in [0.25, 0.3) is 11.1 Å². The van der Waals surface area contributed by atoms with Gasteiger partial charge in [0.25, 0.3) is 0 Å². The minimum Gasteiger partial charge on any atom is -0.408 e. The zero-order valence-corrected chi connectivity index (χ0v) is 16.5. The molecule has 0 radical (unpaired) electrons. The normalized spacial score (nSPS) is 14.9. The van der Waals surface area contributed by atoms with Crippen molar-refractivity contribution in [3.05, 3.63) is 51.8 Å². The third kappa shape index (κ3) is 3.23. The molecular formula is C19H23N3O4S. The standard InChI is InChI=1S/C19H23N3O4S/c1-12-10-14(13(2)22(12)15-4-5-15)8-9-20-27(24,25)16-6-7-17-18(11-16)26-19(23)21(17)3/h6-7,10-11,15,20H,4-5,8-9H2,1-3H3. The molecule has 1 N–H and O–H groups in total. The van der Waals surface area contributed by atoms with Crippen LogP contribution in [0.4, 0.5) is 0 Å². The molecule has 0 spiro atoms. The first kappa shape index (κ1) is 18.1. The Morgan fingerprint density at radius 2 is 1.96 bits per heavy atom. The van der Waals surface area contributed by atoms with Crippen molar-refractivity contribution in [2.45, 2.75) is 44.0 Å². The fourth-order valence-electron chi connectivity index (χ4n) is 3.68. The van der Waals surface area contributed by atoms with Crippen LogP contribution in [-0.4, -0.2) is 24.1 Å². The minimum atomic E-state index is -3.67. The lowest BCUT2D eigenvalue weighted by atomic mass is 10.2. The highest BCUT2D eigenvalue weighted by Gasteiger charge is 2.27. The maximum atomic E-state index is 12.6. The van der Waals surface area contributed by atoms with E-state index < -0.39 is 15.8 Å². The van der Waals surface area contributed by atoms with Crippen molar-refractivity contribution in [3.63, 3.8) is 0 Å². The first-order valence-corrected chi connectivity index (χ1v) is 10.5. The van der Waals surface area contributed by atoms with Crippen molar-refractivity contribution in [1.29, 1.82) is 0 Å². The lowest BCUT2D eigenvalue weighted by Gasteiger charge is -2.09. The first-order valence-electron chi connectivity index (χ1n) is 9.04. The molecule has 7 nitrogen and oxygen atoms in total. The van der Waals surface area contributed by atoms with E-state index in [0.717, 1.165) is 0 Å². The quantitative estimate of drug-likeness (QED) is 0.701. The zero-order valence-electron chi connectivity index (χ0n) is 15.7. The lowest BCUT2D eigenvalue weighted by Crippen LogP contribution is -2.26. The molecule has 1 aliphatic rings. The Morgan fingerprint density at radius 3 is 2.67 bits per heavy atom. The summed E-state index contributed by atoms with van der Waals surface area (Å²) in [5.74, 6) is -0.515. The van der Waals surface area contributed by atoms with Gasteiger partial charge in [0.05, 0.1) is 10.4 Å². The largest absolute Gasteiger partial charge is 0.419 e. The van der Waals surface area contributed by atoms with E-state index in [1.165, 1.54) is 46.5 Å². The number of hydrogen-bond acceptors (Lipinski definition) is 4. The van der Waals surface area contributed by atoms with Gasteiger partial charge in [-0.05, 0) is 56.9 Å². The molecule has 0 atom stereocenters. The molecule has 2 heterocycles. The number of nitrogens with one attached hydrogen (secondary N) is 1. The van der Waals surface area contributed by atoms with Crippen molar-refractivity contribution >= 4 is 21.1 Å². The number of benzene rings is 1. The van der Waals surface area contributed by atoms with Crippen LogP contribution in [0.5, 0.6) is 0 Å². The molecule has 1 aromatic carbocycles. The molecule has 1 aliphatic carbocycles. The number of hydrogen-bond donors (Lipinski definition) is 1. The van der Waals surface area contributed by atoms with Gasteiger partial charge in [-0.3, -0.25) is 4.57 Å². The number of aromatic nitrogens is 2. The Kier molecular flexibility index (Phi) is 4.27. The number of nitrogens with zero attached hydrogens (tertiary/aromatic N) is 2. The van der Waals surface area contributed by atoms with Crippen molar-refractivity contribution in [1.82, 2.24) is 13.9 Å². The number of sulfonamides is 1. The predicted octanol–water partition coefficient (Wildman–Crippen LogP) is 2.41. The highest BCUT2D eigenvalue weighted by Crippen LogP contribution is 2.38. The van der Waals surface area contributed by atoms with E-state index in [2.05, 4.69) is 29.2 Å². The van der Waals surface area contributed by atoms with Gasteiger partial charge < -0.3 is 8.98 Å². The van der Waals surface area contributed by atoms with Crippen LogP contribution < -0.4 is 10.5 Å². The first-order chi connectivity index (χ1) is 12.8.